The Hall–Kier alpha value is -1.38. The Morgan fingerprint density at radius 3 is 1.45 bits per heavy atom. The first kappa shape index (κ1) is 40.8. The minimum absolute atomic E-state index is 0.0495. The minimum Gasteiger partial charge on any atom is -0.396 e. The van der Waals surface area contributed by atoms with Crippen molar-refractivity contribution >= 4 is 30.4 Å². The van der Waals surface area contributed by atoms with Crippen LogP contribution in [0.5, 0.6) is 0 Å². The molecule has 0 aliphatic rings. The molecule has 0 atom stereocenters. The van der Waals surface area contributed by atoms with E-state index in [1.54, 1.807) is 12.1 Å². The number of hydrogen-bond donors (Lipinski definition) is 3. The molecule has 0 radical (unpaired) electrons. The molecule has 0 saturated heterocycles. The van der Waals surface area contributed by atoms with Crippen molar-refractivity contribution in [2.45, 2.75) is 56.5 Å². The van der Waals surface area contributed by atoms with Gasteiger partial charge in [-0.05, 0) is 57.6 Å². The van der Waals surface area contributed by atoms with Gasteiger partial charge in [-0.1, -0.05) is 17.7 Å². The number of alkyl halides is 3. The molecule has 0 aliphatic heterocycles. The lowest BCUT2D eigenvalue weighted by Crippen LogP contribution is -2.24. The van der Waals surface area contributed by atoms with E-state index < -0.39 is 42.3 Å². The first-order valence-corrected chi connectivity index (χ1v) is 16.8. The highest BCUT2D eigenvalue weighted by Gasteiger charge is 2.35. The predicted octanol–water partition coefficient (Wildman–Crippen LogP) is 1.88. The molecule has 3 N–H and O–H groups in total. The second-order valence-electron chi connectivity index (χ2n) is 8.05. The summed E-state index contributed by atoms with van der Waals surface area (Å²) in [5, 5.41) is 25.1. The SMILES string of the molecule is CS(=O)(=O)OCCCCO.Cc1ccc(S(=O)(=O)OCCCCO)cc1.O=S(=O)(CC(F)(F)F)OCCCCO. The van der Waals surface area contributed by atoms with Crippen molar-refractivity contribution in [3.05, 3.63) is 29.8 Å². The Kier molecular flexibility index (Phi) is 21.7. The van der Waals surface area contributed by atoms with Crippen LogP contribution in [0.1, 0.15) is 44.1 Å². The number of benzene rings is 1. The molecule has 0 aromatic heterocycles. The first-order chi connectivity index (χ1) is 18.4. The number of rotatable bonds is 17. The Balaban J connectivity index is 0. The van der Waals surface area contributed by atoms with Crippen molar-refractivity contribution in [2.75, 3.05) is 51.6 Å². The largest absolute Gasteiger partial charge is 0.405 e. The lowest BCUT2D eigenvalue weighted by molar-refractivity contribution is -0.107. The zero-order chi connectivity index (χ0) is 31.3. The van der Waals surface area contributed by atoms with Gasteiger partial charge >= 0.3 is 6.18 Å². The van der Waals surface area contributed by atoms with Gasteiger partial charge in [0.05, 0.1) is 31.0 Å². The van der Waals surface area contributed by atoms with E-state index in [1.165, 1.54) is 12.1 Å². The lowest BCUT2D eigenvalue weighted by atomic mass is 10.2. The van der Waals surface area contributed by atoms with Gasteiger partial charge in [-0.2, -0.15) is 38.4 Å². The van der Waals surface area contributed by atoms with Gasteiger partial charge in [-0.3, -0.25) is 12.5 Å². The zero-order valence-corrected chi connectivity index (χ0v) is 24.8. The maximum absolute atomic E-state index is 11.6. The van der Waals surface area contributed by atoms with Gasteiger partial charge in [-0.25, -0.2) is 0 Å². The molecule has 0 unspecified atom stereocenters. The van der Waals surface area contributed by atoms with Crippen molar-refractivity contribution < 1.29 is 66.3 Å². The van der Waals surface area contributed by atoms with Crippen LogP contribution in [0, 0.1) is 6.92 Å². The molecule has 238 valence electrons. The first-order valence-electron chi connectivity index (χ1n) is 12.0. The van der Waals surface area contributed by atoms with E-state index in [0.29, 0.717) is 32.1 Å². The Morgan fingerprint density at radius 2 is 1.07 bits per heavy atom. The van der Waals surface area contributed by atoms with Gasteiger partial charge in [0, 0.05) is 19.8 Å². The van der Waals surface area contributed by atoms with Crippen LogP contribution in [0.25, 0.3) is 0 Å². The molecule has 1 aromatic rings. The van der Waals surface area contributed by atoms with E-state index in [0.717, 1.165) is 11.8 Å². The Labute approximate surface area is 234 Å². The van der Waals surface area contributed by atoms with Gasteiger partial charge < -0.3 is 15.3 Å². The van der Waals surface area contributed by atoms with E-state index >= 15 is 0 Å². The summed E-state index contributed by atoms with van der Waals surface area (Å²) in [6.45, 7) is 1.80. The maximum atomic E-state index is 11.6. The number of aryl methyl sites for hydroxylation is 1. The average molecular weight is 649 g/mol. The minimum atomic E-state index is -4.78. The zero-order valence-electron chi connectivity index (χ0n) is 22.4. The van der Waals surface area contributed by atoms with Crippen LogP contribution in [0.3, 0.4) is 0 Å². The van der Waals surface area contributed by atoms with E-state index in [4.69, 9.17) is 19.5 Å². The van der Waals surface area contributed by atoms with Crippen LogP contribution in [0.15, 0.2) is 29.2 Å². The van der Waals surface area contributed by atoms with Crippen LogP contribution in [-0.2, 0) is 42.9 Å². The van der Waals surface area contributed by atoms with E-state index in [9.17, 15) is 38.4 Å². The molecule has 0 heterocycles. The third kappa shape index (κ3) is 26.8. The summed E-state index contributed by atoms with van der Waals surface area (Å²) in [6, 6.07) is 6.50. The number of hydrogen-bond acceptors (Lipinski definition) is 12. The lowest BCUT2D eigenvalue weighted by Gasteiger charge is -2.07. The monoisotopic (exact) mass is 648 g/mol. The molecule has 0 amide bonds. The fraction of sp³-hybridized carbons (Fsp3) is 0.727. The van der Waals surface area contributed by atoms with Gasteiger partial charge in [0.2, 0.25) is 0 Å². The summed E-state index contributed by atoms with van der Waals surface area (Å²) < 4.78 is 113. The summed E-state index contributed by atoms with van der Waals surface area (Å²) in [5.74, 6) is -1.97. The highest BCUT2D eigenvalue weighted by atomic mass is 32.2. The van der Waals surface area contributed by atoms with Crippen molar-refractivity contribution in [3.63, 3.8) is 0 Å². The number of unbranched alkanes of at least 4 members (excludes halogenated alkanes) is 3. The maximum Gasteiger partial charge on any atom is 0.405 e. The highest BCUT2D eigenvalue weighted by Crippen LogP contribution is 2.18. The van der Waals surface area contributed by atoms with E-state index in [-0.39, 0.29) is 51.0 Å². The molecule has 0 bridgehead atoms. The summed E-state index contributed by atoms with van der Waals surface area (Å²) >= 11 is 0. The third-order valence-corrected chi connectivity index (χ3v) is 7.23. The molecule has 0 spiro atoms. The van der Waals surface area contributed by atoms with Gasteiger partial charge in [0.1, 0.15) is 0 Å². The van der Waals surface area contributed by atoms with Crippen molar-refractivity contribution in [3.8, 4) is 0 Å². The predicted molar refractivity (Wildman–Crippen MR) is 140 cm³/mol. The van der Waals surface area contributed by atoms with Gasteiger partial charge in [0.25, 0.3) is 30.4 Å². The van der Waals surface area contributed by atoms with Gasteiger partial charge in [0.15, 0.2) is 5.75 Å². The molecule has 0 saturated carbocycles. The van der Waals surface area contributed by atoms with E-state index in [2.05, 4.69) is 8.37 Å². The van der Waals surface area contributed by atoms with E-state index in [1.807, 2.05) is 6.92 Å². The fourth-order valence-electron chi connectivity index (χ4n) is 2.22. The normalized spacial score (nSPS) is 12.2. The molecule has 1 rings (SSSR count). The van der Waals surface area contributed by atoms with Crippen LogP contribution >= 0.6 is 0 Å². The quantitative estimate of drug-likeness (QED) is 0.164. The van der Waals surface area contributed by atoms with Crippen LogP contribution < -0.4 is 0 Å². The molecule has 12 nitrogen and oxygen atoms in total. The van der Waals surface area contributed by atoms with Gasteiger partial charge in [-0.15, -0.1) is 0 Å². The number of aliphatic hydroxyl groups excluding tert-OH is 3. The Morgan fingerprint density at radius 1 is 0.675 bits per heavy atom. The Bertz CT molecular complexity index is 1090. The number of halogens is 3. The fourth-order valence-corrected chi connectivity index (χ4v) is 4.44. The standard InChI is InChI=1S/C11H16O4S.C6H11F3O4S.C5H12O4S/c1-10-4-6-11(7-5-10)16(13,14)15-9-3-2-8-12;7-6(8,9)5-14(11,12)13-4-2-1-3-10;1-10(7,8)9-5-3-2-4-6/h4-7,12H,2-3,8-9H2,1H3;10H,1-5H2;6H,2-5H2,1H3. The van der Waals surface area contributed by atoms with Crippen LogP contribution in [0.2, 0.25) is 0 Å². The summed E-state index contributed by atoms with van der Waals surface area (Å²) in [4.78, 5) is 0.169. The summed E-state index contributed by atoms with van der Waals surface area (Å²) in [6.07, 6.45) is -1.05. The average Bonchev–Trinajstić information content (AvgIpc) is 2.81. The molecule has 0 fully saturated rings. The topological polar surface area (TPSA) is 191 Å². The summed E-state index contributed by atoms with van der Waals surface area (Å²) in [5.41, 5.74) is 0.999. The smallest absolute Gasteiger partial charge is 0.396 e. The molecule has 40 heavy (non-hydrogen) atoms. The molecular weight excluding hydrogens is 609 g/mol. The number of aliphatic hydroxyl groups is 3. The summed E-state index contributed by atoms with van der Waals surface area (Å²) in [7, 11) is -11.5. The van der Waals surface area contributed by atoms with Crippen LogP contribution in [-0.4, -0.2) is 98.4 Å². The third-order valence-electron chi connectivity index (χ3n) is 4.11. The molecule has 1 aromatic carbocycles. The second-order valence-corrected chi connectivity index (χ2v) is 12.9. The second kappa shape index (κ2) is 21.3. The van der Waals surface area contributed by atoms with Crippen molar-refractivity contribution in [1.82, 2.24) is 0 Å². The molecule has 18 heteroatoms. The van der Waals surface area contributed by atoms with Crippen molar-refractivity contribution in [2.24, 2.45) is 0 Å². The highest BCUT2D eigenvalue weighted by molar-refractivity contribution is 7.87. The van der Waals surface area contributed by atoms with Crippen molar-refractivity contribution in [1.29, 1.82) is 0 Å². The molecular formula is C22H39F3O12S3. The van der Waals surface area contributed by atoms with Crippen LogP contribution in [0.4, 0.5) is 13.2 Å². The molecule has 0 aliphatic carbocycles.